The summed E-state index contributed by atoms with van der Waals surface area (Å²) in [5.74, 6) is -1.89. The van der Waals surface area contributed by atoms with Gasteiger partial charge >= 0.3 is 0 Å². The standard InChI is InChI=1S/C21H17NO3/c1-11-6-2-5-9-15(11)22-20(24)18-14-10-16(23)17(19(18)21(22)25)13-8-4-3-7-12(13)14/h2-9,14,17-19H,10H2,1H3/t14-,17+,18-,19-/m1/s1. The van der Waals surface area contributed by atoms with Crippen LogP contribution in [0.4, 0.5) is 5.69 Å². The van der Waals surface area contributed by atoms with E-state index < -0.39 is 17.8 Å². The van der Waals surface area contributed by atoms with Crippen molar-refractivity contribution >= 4 is 23.3 Å². The fourth-order valence-corrected chi connectivity index (χ4v) is 5.01. The summed E-state index contributed by atoms with van der Waals surface area (Å²) in [5, 5.41) is 0. The van der Waals surface area contributed by atoms with E-state index in [-0.39, 0.29) is 23.5 Å². The molecule has 2 aromatic rings. The minimum Gasteiger partial charge on any atom is -0.299 e. The quantitative estimate of drug-likeness (QED) is 0.755. The molecule has 1 saturated carbocycles. The third kappa shape index (κ3) is 1.74. The van der Waals surface area contributed by atoms with Gasteiger partial charge in [0.2, 0.25) is 11.8 Å². The van der Waals surface area contributed by atoms with Crippen LogP contribution in [-0.2, 0) is 14.4 Å². The highest BCUT2D eigenvalue weighted by Gasteiger charge is 2.62. The summed E-state index contributed by atoms with van der Waals surface area (Å²) >= 11 is 0. The lowest BCUT2D eigenvalue weighted by Gasteiger charge is -2.43. The minimum atomic E-state index is -0.548. The second kappa shape index (κ2) is 4.88. The van der Waals surface area contributed by atoms with E-state index in [1.165, 1.54) is 4.90 Å². The van der Waals surface area contributed by atoms with Gasteiger partial charge in [-0.15, -0.1) is 0 Å². The van der Waals surface area contributed by atoms with Gasteiger partial charge in [0.1, 0.15) is 5.78 Å². The van der Waals surface area contributed by atoms with Gasteiger partial charge in [0, 0.05) is 12.3 Å². The predicted molar refractivity (Wildman–Crippen MR) is 92.2 cm³/mol. The summed E-state index contributed by atoms with van der Waals surface area (Å²) in [6, 6.07) is 15.2. The Morgan fingerprint density at radius 3 is 2.24 bits per heavy atom. The molecule has 0 unspecified atom stereocenters. The molecule has 124 valence electrons. The van der Waals surface area contributed by atoms with E-state index in [2.05, 4.69) is 0 Å². The average Bonchev–Trinajstić information content (AvgIpc) is 2.88. The van der Waals surface area contributed by atoms with E-state index in [4.69, 9.17) is 0 Å². The number of imide groups is 1. The summed E-state index contributed by atoms with van der Waals surface area (Å²) in [6.45, 7) is 1.90. The molecule has 2 aromatic carbocycles. The third-order valence-corrected chi connectivity index (χ3v) is 6.05. The summed E-state index contributed by atoms with van der Waals surface area (Å²) < 4.78 is 0. The lowest BCUT2D eigenvalue weighted by molar-refractivity contribution is -0.134. The first-order valence-electron chi connectivity index (χ1n) is 8.64. The molecule has 4 heteroatoms. The number of ketones is 1. The average molecular weight is 331 g/mol. The predicted octanol–water partition coefficient (Wildman–Crippen LogP) is 2.95. The van der Waals surface area contributed by atoms with Crippen LogP contribution in [0.3, 0.4) is 0 Å². The molecule has 0 spiro atoms. The van der Waals surface area contributed by atoms with Crippen LogP contribution >= 0.6 is 0 Å². The van der Waals surface area contributed by atoms with Gasteiger partial charge in [-0.1, -0.05) is 42.5 Å². The molecule has 4 nitrogen and oxygen atoms in total. The van der Waals surface area contributed by atoms with Gasteiger partial charge in [-0.25, -0.2) is 4.90 Å². The normalized spacial score (nSPS) is 29.8. The lowest BCUT2D eigenvalue weighted by atomic mass is 9.56. The van der Waals surface area contributed by atoms with Crippen LogP contribution in [-0.4, -0.2) is 17.6 Å². The first-order valence-corrected chi connectivity index (χ1v) is 8.64. The molecular weight excluding hydrogens is 314 g/mol. The molecule has 3 aliphatic carbocycles. The van der Waals surface area contributed by atoms with Crippen LogP contribution in [0.15, 0.2) is 48.5 Å². The van der Waals surface area contributed by atoms with Crippen molar-refractivity contribution in [2.24, 2.45) is 11.8 Å². The topological polar surface area (TPSA) is 54.5 Å². The fraction of sp³-hybridized carbons (Fsp3) is 0.286. The van der Waals surface area contributed by atoms with Gasteiger partial charge in [0.25, 0.3) is 0 Å². The van der Waals surface area contributed by atoms with Crippen LogP contribution in [0.1, 0.15) is 34.9 Å². The number of rotatable bonds is 1. The molecule has 6 rings (SSSR count). The maximum absolute atomic E-state index is 13.2. The molecule has 4 atom stereocenters. The number of nitrogens with zero attached hydrogens (tertiary/aromatic N) is 1. The molecule has 4 aliphatic rings. The van der Waals surface area contributed by atoms with Crippen LogP contribution < -0.4 is 4.90 Å². The Hall–Kier alpha value is -2.75. The third-order valence-electron chi connectivity index (χ3n) is 6.05. The highest BCUT2D eigenvalue weighted by atomic mass is 16.2. The first kappa shape index (κ1) is 14.6. The zero-order valence-corrected chi connectivity index (χ0v) is 13.8. The molecule has 1 saturated heterocycles. The maximum atomic E-state index is 13.2. The Labute approximate surface area is 145 Å². The van der Waals surface area contributed by atoms with Crippen molar-refractivity contribution < 1.29 is 14.4 Å². The van der Waals surface area contributed by atoms with Crippen LogP contribution in [0.25, 0.3) is 0 Å². The lowest BCUT2D eigenvalue weighted by Crippen LogP contribution is -2.44. The van der Waals surface area contributed by atoms with E-state index in [0.29, 0.717) is 12.1 Å². The SMILES string of the molecule is Cc1ccccc1N1C(=O)[C@H]2[C@H](C1=O)[C@@H]1C(=O)C[C@@H]2c2ccccc21. The highest BCUT2D eigenvalue weighted by molar-refractivity contribution is 6.25. The van der Waals surface area contributed by atoms with E-state index in [1.807, 2.05) is 49.4 Å². The Morgan fingerprint density at radius 2 is 1.48 bits per heavy atom. The van der Waals surface area contributed by atoms with E-state index in [9.17, 15) is 14.4 Å². The number of anilines is 1. The largest absolute Gasteiger partial charge is 0.299 e. The van der Waals surface area contributed by atoms with Crippen LogP contribution in [0.5, 0.6) is 0 Å². The van der Waals surface area contributed by atoms with E-state index in [0.717, 1.165) is 16.7 Å². The van der Waals surface area contributed by atoms with Gasteiger partial charge in [-0.2, -0.15) is 0 Å². The molecule has 2 fully saturated rings. The molecule has 1 heterocycles. The fourth-order valence-electron chi connectivity index (χ4n) is 5.01. The number of carbonyl (C=O) groups is 3. The molecule has 0 aromatic heterocycles. The second-order valence-corrected chi connectivity index (χ2v) is 7.23. The monoisotopic (exact) mass is 331 g/mol. The number of hydrogen-bond donors (Lipinski definition) is 0. The number of hydrogen-bond acceptors (Lipinski definition) is 3. The van der Waals surface area contributed by atoms with Crippen molar-refractivity contribution in [2.75, 3.05) is 4.90 Å². The zero-order chi connectivity index (χ0) is 17.3. The second-order valence-electron chi connectivity index (χ2n) is 7.23. The Kier molecular flexibility index (Phi) is 2.85. The van der Waals surface area contributed by atoms with Gasteiger partial charge < -0.3 is 0 Å². The van der Waals surface area contributed by atoms with Gasteiger partial charge in [0.15, 0.2) is 0 Å². The first-order chi connectivity index (χ1) is 12.1. The molecule has 1 aliphatic heterocycles. The van der Waals surface area contributed by atoms with Gasteiger partial charge in [-0.05, 0) is 29.7 Å². The van der Waals surface area contributed by atoms with Crippen molar-refractivity contribution in [1.82, 2.24) is 0 Å². The molecule has 2 amide bonds. The maximum Gasteiger partial charge on any atom is 0.238 e. The Balaban J connectivity index is 1.68. The van der Waals surface area contributed by atoms with Gasteiger partial charge in [-0.3, -0.25) is 14.4 Å². The van der Waals surface area contributed by atoms with Crippen molar-refractivity contribution in [1.29, 1.82) is 0 Å². The van der Waals surface area contributed by atoms with Crippen molar-refractivity contribution in [3.63, 3.8) is 0 Å². The van der Waals surface area contributed by atoms with E-state index >= 15 is 0 Å². The van der Waals surface area contributed by atoms with Crippen molar-refractivity contribution in [2.45, 2.75) is 25.2 Å². The number of carbonyl (C=O) groups excluding carboxylic acids is 3. The number of aryl methyl sites for hydroxylation is 1. The number of Topliss-reactive ketones (excluding diaryl/α,β-unsaturated/α-hetero) is 1. The van der Waals surface area contributed by atoms with Crippen molar-refractivity contribution in [3.8, 4) is 0 Å². The zero-order valence-electron chi connectivity index (χ0n) is 13.8. The number of para-hydroxylation sites is 1. The molecule has 0 radical (unpaired) electrons. The van der Waals surface area contributed by atoms with Gasteiger partial charge in [0.05, 0.1) is 23.4 Å². The van der Waals surface area contributed by atoms with Crippen LogP contribution in [0.2, 0.25) is 0 Å². The molecule has 0 N–H and O–H groups in total. The highest BCUT2D eigenvalue weighted by Crippen LogP contribution is 2.57. The number of fused-ring (bicyclic) bond motifs is 1. The summed E-state index contributed by atoms with van der Waals surface area (Å²) in [6.07, 6.45) is 0.365. The van der Waals surface area contributed by atoms with E-state index in [1.54, 1.807) is 6.07 Å². The molecule has 25 heavy (non-hydrogen) atoms. The summed E-state index contributed by atoms with van der Waals surface area (Å²) in [5.41, 5.74) is 3.54. The van der Waals surface area contributed by atoms with Crippen molar-refractivity contribution in [3.05, 3.63) is 65.2 Å². The number of benzene rings is 2. The Morgan fingerprint density at radius 1 is 0.840 bits per heavy atom. The molecular formula is C21H17NO3. The van der Waals surface area contributed by atoms with Crippen LogP contribution in [0, 0.1) is 18.8 Å². The minimum absolute atomic E-state index is 0.0951. The number of amides is 2. The smallest absolute Gasteiger partial charge is 0.238 e. The Bertz CT molecular complexity index is 948. The summed E-state index contributed by atoms with van der Waals surface area (Å²) in [4.78, 5) is 40.4. The molecule has 2 bridgehead atoms. The summed E-state index contributed by atoms with van der Waals surface area (Å²) in [7, 11) is 0.